The first-order valence-electron chi connectivity index (χ1n) is 6.30. The smallest absolute Gasteiger partial charge is 0.282 e. The first-order valence-corrected chi connectivity index (χ1v) is 6.30. The molecule has 0 amide bonds. The second kappa shape index (κ2) is 6.65. The highest BCUT2D eigenvalue weighted by molar-refractivity contribution is 5.72. The van der Waals surface area contributed by atoms with Crippen molar-refractivity contribution >= 4 is 12.1 Å². The minimum atomic E-state index is -2.98. The van der Waals surface area contributed by atoms with Crippen molar-refractivity contribution in [1.82, 2.24) is 14.9 Å². The van der Waals surface area contributed by atoms with Gasteiger partial charge in [-0.15, -0.1) is 0 Å². The molecule has 0 radical (unpaired) electrons. The van der Waals surface area contributed by atoms with Crippen molar-refractivity contribution in [3.8, 4) is 0 Å². The number of aromatic nitrogens is 2. The normalized spacial score (nSPS) is 19.0. The van der Waals surface area contributed by atoms with Crippen molar-refractivity contribution in [2.75, 3.05) is 18.4 Å². The Bertz CT molecular complexity index is 452. The number of hydrogen-bond acceptors (Lipinski definition) is 5. The van der Waals surface area contributed by atoms with Gasteiger partial charge in [-0.05, 0) is 12.8 Å². The zero-order chi connectivity index (χ0) is 14.5. The maximum absolute atomic E-state index is 13.2. The fraction of sp³-hybridized carbons (Fsp3) is 0.583. The van der Waals surface area contributed by atoms with Crippen LogP contribution in [-0.4, -0.2) is 53.0 Å². The van der Waals surface area contributed by atoms with Gasteiger partial charge in [0.05, 0.1) is 0 Å². The van der Waals surface area contributed by atoms with E-state index in [-0.39, 0.29) is 24.8 Å². The topological polar surface area (TPSA) is 58.1 Å². The molecule has 1 atom stereocenters. The molecule has 1 unspecified atom stereocenters. The molecule has 1 fully saturated rings. The zero-order valence-corrected chi connectivity index (χ0v) is 10.7. The molecule has 1 N–H and O–H groups in total. The fourth-order valence-electron chi connectivity index (χ4n) is 2.17. The number of hydrogen-bond donors (Lipinski definition) is 1. The molecule has 5 nitrogen and oxygen atoms in total. The molecule has 1 aromatic rings. The average Bonchev–Trinajstić information content (AvgIpc) is 2.47. The lowest BCUT2D eigenvalue weighted by Crippen LogP contribution is -2.45. The van der Waals surface area contributed by atoms with Gasteiger partial charge >= 0.3 is 0 Å². The van der Waals surface area contributed by atoms with Gasteiger partial charge in [-0.3, -0.25) is 9.69 Å². The minimum Gasteiger partial charge on any atom is -0.367 e. The van der Waals surface area contributed by atoms with Crippen LogP contribution in [0, 0.1) is 0 Å². The van der Waals surface area contributed by atoms with Crippen molar-refractivity contribution in [2.24, 2.45) is 0 Å². The molecule has 1 aromatic heterocycles. The predicted octanol–water partition coefficient (Wildman–Crippen LogP) is 1.73. The Hall–Kier alpha value is -1.70. The van der Waals surface area contributed by atoms with E-state index in [4.69, 9.17) is 0 Å². The number of piperidine rings is 1. The lowest BCUT2D eigenvalue weighted by molar-refractivity contribution is -0.0565. The van der Waals surface area contributed by atoms with E-state index in [0.717, 1.165) is 4.90 Å². The summed E-state index contributed by atoms with van der Waals surface area (Å²) in [4.78, 5) is 19.5. The third-order valence-corrected chi connectivity index (χ3v) is 3.25. The quantitative estimate of drug-likeness (QED) is 0.660. The van der Waals surface area contributed by atoms with E-state index in [1.807, 2.05) is 0 Å². The average molecular weight is 288 g/mol. The number of halogens is 3. The number of nitrogens with one attached hydrogen (secondary N) is 1. The van der Waals surface area contributed by atoms with Gasteiger partial charge in [0.1, 0.15) is 17.8 Å². The Labute approximate surface area is 114 Å². The van der Waals surface area contributed by atoms with Crippen molar-refractivity contribution in [2.45, 2.75) is 31.6 Å². The number of aldehydes is 1. The molecule has 0 aliphatic carbocycles. The fourth-order valence-corrected chi connectivity index (χ4v) is 2.17. The molecule has 20 heavy (non-hydrogen) atoms. The molecule has 0 bridgehead atoms. The number of nitrogens with zero attached hydrogens (tertiary/aromatic N) is 3. The van der Waals surface area contributed by atoms with E-state index in [1.165, 1.54) is 12.4 Å². The van der Waals surface area contributed by atoms with Crippen molar-refractivity contribution in [1.29, 1.82) is 0 Å². The van der Waals surface area contributed by atoms with Crippen LogP contribution in [0.15, 0.2) is 12.4 Å². The number of rotatable bonds is 5. The monoisotopic (exact) mass is 288 g/mol. The summed E-state index contributed by atoms with van der Waals surface area (Å²) in [5.41, 5.74) is 0.265. The number of likely N-dealkylation sites (tertiary alicyclic amines) is 1. The second-order valence-electron chi connectivity index (χ2n) is 4.61. The molecule has 110 valence electrons. The number of carbonyl (C=O) groups excluding carboxylic acids is 1. The lowest BCUT2D eigenvalue weighted by Gasteiger charge is -2.34. The molecule has 8 heteroatoms. The maximum atomic E-state index is 13.2. The van der Waals surface area contributed by atoms with Gasteiger partial charge in [-0.2, -0.15) is 0 Å². The van der Waals surface area contributed by atoms with Crippen molar-refractivity contribution < 1.29 is 18.0 Å². The second-order valence-corrected chi connectivity index (χ2v) is 4.61. The third kappa shape index (κ3) is 3.66. The Morgan fingerprint density at radius 3 is 2.60 bits per heavy atom. The largest absolute Gasteiger partial charge is 0.367 e. The minimum absolute atomic E-state index is 0.0190. The van der Waals surface area contributed by atoms with Crippen LogP contribution in [0.4, 0.5) is 19.0 Å². The van der Waals surface area contributed by atoms with Crippen LogP contribution >= 0.6 is 0 Å². The molecular formula is C12H15F3N4O. The van der Waals surface area contributed by atoms with Crippen LogP contribution in [0.25, 0.3) is 0 Å². The van der Waals surface area contributed by atoms with Crippen LogP contribution in [0.3, 0.4) is 0 Å². The highest BCUT2D eigenvalue weighted by atomic mass is 19.3. The summed E-state index contributed by atoms with van der Waals surface area (Å²) in [5, 5.41) is 3.10. The Balaban J connectivity index is 1.86. The lowest BCUT2D eigenvalue weighted by atomic mass is 10.0. The van der Waals surface area contributed by atoms with Crippen molar-refractivity contribution in [3.05, 3.63) is 18.1 Å². The van der Waals surface area contributed by atoms with Crippen LogP contribution in [0.5, 0.6) is 0 Å². The zero-order valence-electron chi connectivity index (χ0n) is 10.7. The van der Waals surface area contributed by atoms with E-state index in [0.29, 0.717) is 24.9 Å². The van der Waals surface area contributed by atoms with E-state index in [9.17, 15) is 18.0 Å². The summed E-state index contributed by atoms with van der Waals surface area (Å²) >= 11 is 0. The Morgan fingerprint density at radius 1 is 1.30 bits per heavy atom. The summed E-state index contributed by atoms with van der Waals surface area (Å²) in [5.74, 6) is 0.506. The van der Waals surface area contributed by atoms with Gasteiger partial charge in [0.2, 0.25) is 6.30 Å². The van der Waals surface area contributed by atoms with Crippen LogP contribution in [-0.2, 0) is 0 Å². The van der Waals surface area contributed by atoms with E-state index < -0.39 is 12.7 Å². The first kappa shape index (κ1) is 14.7. The molecule has 2 rings (SSSR count). The molecule has 0 saturated carbocycles. The summed E-state index contributed by atoms with van der Waals surface area (Å²) in [6.07, 6.45) is -2.21. The first-order chi connectivity index (χ1) is 9.60. The highest BCUT2D eigenvalue weighted by Gasteiger charge is 2.30. The predicted molar refractivity (Wildman–Crippen MR) is 66.5 cm³/mol. The Kier molecular flexibility index (Phi) is 4.89. The van der Waals surface area contributed by atoms with Crippen molar-refractivity contribution in [3.63, 3.8) is 0 Å². The molecular weight excluding hydrogens is 273 g/mol. The van der Waals surface area contributed by atoms with Gasteiger partial charge in [0.15, 0.2) is 6.29 Å². The van der Waals surface area contributed by atoms with Crippen LogP contribution in [0.2, 0.25) is 0 Å². The molecule has 0 aromatic carbocycles. The molecule has 0 spiro atoms. The molecule has 1 saturated heterocycles. The Morgan fingerprint density at radius 2 is 2.00 bits per heavy atom. The van der Waals surface area contributed by atoms with Gasteiger partial charge in [0.25, 0.3) is 6.43 Å². The van der Waals surface area contributed by atoms with Gasteiger partial charge < -0.3 is 5.32 Å². The molecule has 1 aliphatic heterocycles. The molecule has 1 aliphatic rings. The van der Waals surface area contributed by atoms with E-state index >= 15 is 0 Å². The third-order valence-electron chi connectivity index (χ3n) is 3.25. The van der Waals surface area contributed by atoms with E-state index in [1.54, 1.807) is 0 Å². The summed E-state index contributed by atoms with van der Waals surface area (Å²) in [6.45, 7) is 0.517. The van der Waals surface area contributed by atoms with Crippen LogP contribution in [0.1, 0.15) is 23.3 Å². The summed E-state index contributed by atoms with van der Waals surface area (Å²) < 4.78 is 37.7. The number of carbonyl (C=O) groups is 1. The SMILES string of the molecule is O=Cc1cc(NC2CCN(C(F)C(F)F)CC2)ncn1. The number of anilines is 1. The van der Waals surface area contributed by atoms with Gasteiger partial charge in [-0.25, -0.2) is 23.1 Å². The summed E-state index contributed by atoms with van der Waals surface area (Å²) in [6, 6.07) is 1.53. The van der Waals surface area contributed by atoms with E-state index in [2.05, 4.69) is 15.3 Å². The standard InChI is InChI=1S/C12H15F3N4O/c13-11(14)12(15)19-3-1-8(2-4-19)18-10-5-9(6-20)16-7-17-10/h5-8,11-12H,1-4H2,(H,16,17,18). The number of alkyl halides is 3. The highest BCUT2D eigenvalue weighted by Crippen LogP contribution is 2.20. The van der Waals surface area contributed by atoms with Gasteiger partial charge in [0, 0.05) is 25.2 Å². The summed E-state index contributed by atoms with van der Waals surface area (Å²) in [7, 11) is 0. The van der Waals surface area contributed by atoms with Gasteiger partial charge in [-0.1, -0.05) is 0 Å². The molecule has 2 heterocycles. The maximum Gasteiger partial charge on any atom is 0.282 e. The van der Waals surface area contributed by atoms with Crippen LogP contribution < -0.4 is 5.32 Å².